The van der Waals surface area contributed by atoms with Crippen molar-refractivity contribution in [2.75, 3.05) is 32.8 Å². The number of benzene rings is 4. The fourth-order valence-electron chi connectivity index (χ4n) is 5.72. The normalized spacial score (nSPS) is 19.2. The highest BCUT2D eigenvalue weighted by Crippen LogP contribution is 2.47. The van der Waals surface area contributed by atoms with Gasteiger partial charge < -0.3 is 14.6 Å². The first-order valence-electron chi connectivity index (χ1n) is 13.3. The van der Waals surface area contributed by atoms with Gasteiger partial charge in [-0.05, 0) is 66.4 Å². The summed E-state index contributed by atoms with van der Waals surface area (Å²) in [7, 11) is 0. The lowest BCUT2D eigenvalue weighted by molar-refractivity contribution is 0.237. The molecule has 188 valence electrons. The summed E-state index contributed by atoms with van der Waals surface area (Å²) in [4.78, 5) is 2.47. The van der Waals surface area contributed by atoms with Crippen molar-refractivity contribution < 1.29 is 14.6 Å². The van der Waals surface area contributed by atoms with Crippen LogP contribution in [0, 0.1) is 0 Å². The van der Waals surface area contributed by atoms with E-state index in [0.29, 0.717) is 6.61 Å². The van der Waals surface area contributed by atoms with E-state index in [1.165, 1.54) is 48.2 Å². The van der Waals surface area contributed by atoms with Crippen LogP contribution in [0.25, 0.3) is 11.1 Å². The predicted octanol–water partition coefficient (Wildman–Crippen LogP) is 6.84. The molecule has 4 aromatic rings. The minimum atomic E-state index is 0.116. The van der Waals surface area contributed by atoms with E-state index in [-0.39, 0.29) is 17.6 Å². The van der Waals surface area contributed by atoms with Gasteiger partial charge in [-0.1, -0.05) is 72.8 Å². The lowest BCUT2D eigenvalue weighted by Gasteiger charge is -2.34. The molecule has 4 aromatic carbocycles. The van der Waals surface area contributed by atoms with E-state index in [1.54, 1.807) is 12.1 Å². The van der Waals surface area contributed by atoms with E-state index < -0.39 is 0 Å². The Morgan fingerprint density at radius 2 is 1.49 bits per heavy atom. The summed E-state index contributed by atoms with van der Waals surface area (Å²) in [6.45, 7) is 4.64. The molecule has 4 heteroatoms. The monoisotopic (exact) mass is 491 g/mol. The van der Waals surface area contributed by atoms with Crippen LogP contribution in [0.3, 0.4) is 0 Å². The largest absolute Gasteiger partial charge is 0.508 e. The molecule has 1 saturated heterocycles. The first-order chi connectivity index (χ1) is 18.2. The van der Waals surface area contributed by atoms with Gasteiger partial charge in [-0.2, -0.15) is 0 Å². The molecule has 0 bridgehead atoms. The maximum atomic E-state index is 10.1. The summed E-state index contributed by atoms with van der Waals surface area (Å²) < 4.78 is 12.2. The van der Waals surface area contributed by atoms with Gasteiger partial charge in [0.25, 0.3) is 0 Å². The molecule has 1 N–H and O–H groups in total. The molecule has 0 spiro atoms. The zero-order valence-corrected chi connectivity index (χ0v) is 21.1. The third-order valence-electron chi connectivity index (χ3n) is 7.71. The van der Waals surface area contributed by atoms with Gasteiger partial charge in [0, 0.05) is 30.0 Å². The predicted molar refractivity (Wildman–Crippen MR) is 148 cm³/mol. The second-order valence-corrected chi connectivity index (χ2v) is 10.1. The lowest BCUT2D eigenvalue weighted by atomic mass is 9.75. The molecule has 4 nitrogen and oxygen atoms in total. The first kappa shape index (κ1) is 23.6. The summed E-state index contributed by atoms with van der Waals surface area (Å²) in [5, 5.41) is 10.1. The third kappa shape index (κ3) is 5.21. The van der Waals surface area contributed by atoms with Gasteiger partial charge in [0.05, 0.1) is 6.61 Å². The number of hydrogen-bond donors (Lipinski definition) is 1. The fourth-order valence-corrected chi connectivity index (χ4v) is 5.72. The van der Waals surface area contributed by atoms with Crippen molar-refractivity contribution in [3.8, 4) is 28.4 Å². The van der Waals surface area contributed by atoms with Gasteiger partial charge >= 0.3 is 0 Å². The molecule has 2 aliphatic heterocycles. The Bertz CT molecular complexity index is 1310. The standard InChI is InChI=1S/C33H33NO3/c35-28-14-17-30-32(22-28)37-23-31(26-10-8-25(9-11-26)24-6-2-1-3-7-24)33(30)27-12-15-29(16-13-27)36-21-20-34-18-4-5-19-34/h1-3,6-17,22,31,33,35H,4-5,18-21,23H2. The molecule has 1 fully saturated rings. The van der Waals surface area contributed by atoms with Gasteiger partial charge in [0.15, 0.2) is 0 Å². The zero-order chi connectivity index (χ0) is 25.0. The highest BCUT2D eigenvalue weighted by molar-refractivity contribution is 5.64. The van der Waals surface area contributed by atoms with E-state index in [4.69, 9.17) is 9.47 Å². The van der Waals surface area contributed by atoms with E-state index in [0.717, 1.165) is 30.2 Å². The molecular weight excluding hydrogens is 458 g/mol. The molecule has 0 saturated carbocycles. The molecule has 0 aromatic heterocycles. The number of phenolic OH excluding ortho intramolecular Hbond substituents is 1. The Morgan fingerprint density at radius 3 is 2.24 bits per heavy atom. The molecule has 6 rings (SSSR count). The minimum absolute atomic E-state index is 0.116. The smallest absolute Gasteiger partial charge is 0.126 e. The Hall–Kier alpha value is -3.76. The molecular formula is C33H33NO3. The zero-order valence-electron chi connectivity index (χ0n) is 21.1. The Kier molecular flexibility index (Phi) is 6.83. The van der Waals surface area contributed by atoms with Crippen molar-refractivity contribution in [2.24, 2.45) is 0 Å². The van der Waals surface area contributed by atoms with Gasteiger partial charge in [-0.25, -0.2) is 0 Å². The van der Waals surface area contributed by atoms with Crippen molar-refractivity contribution in [1.82, 2.24) is 4.90 Å². The van der Waals surface area contributed by atoms with Gasteiger partial charge in [0.2, 0.25) is 0 Å². The highest BCUT2D eigenvalue weighted by atomic mass is 16.5. The van der Waals surface area contributed by atoms with Crippen LogP contribution in [0.2, 0.25) is 0 Å². The molecule has 0 radical (unpaired) electrons. The molecule has 2 atom stereocenters. The van der Waals surface area contributed by atoms with E-state index in [1.807, 2.05) is 12.1 Å². The van der Waals surface area contributed by atoms with Crippen LogP contribution in [0.15, 0.2) is 97.1 Å². The lowest BCUT2D eigenvalue weighted by Crippen LogP contribution is -2.25. The number of rotatable bonds is 7. The average molecular weight is 492 g/mol. The molecule has 0 amide bonds. The minimum Gasteiger partial charge on any atom is -0.508 e. The van der Waals surface area contributed by atoms with Crippen molar-refractivity contribution in [3.63, 3.8) is 0 Å². The summed E-state index contributed by atoms with van der Waals surface area (Å²) >= 11 is 0. The maximum absolute atomic E-state index is 10.1. The Balaban J connectivity index is 1.26. The van der Waals surface area contributed by atoms with E-state index in [2.05, 4.69) is 77.7 Å². The number of nitrogens with zero attached hydrogens (tertiary/aromatic N) is 1. The number of phenols is 1. The van der Waals surface area contributed by atoms with Crippen molar-refractivity contribution in [1.29, 1.82) is 0 Å². The summed E-state index contributed by atoms with van der Waals surface area (Å²) in [5.41, 5.74) is 5.99. The van der Waals surface area contributed by atoms with Crippen molar-refractivity contribution in [2.45, 2.75) is 24.7 Å². The molecule has 2 unspecified atom stereocenters. The average Bonchev–Trinajstić information content (AvgIpc) is 3.47. The van der Waals surface area contributed by atoms with Crippen LogP contribution in [0.1, 0.15) is 41.4 Å². The van der Waals surface area contributed by atoms with Crippen molar-refractivity contribution >= 4 is 0 Å². The number of likely N-dealkylation sites (tertiary alicyclic amines) is 1. The summed E-state index contributed by atoms with van der Waals surface area (Å²) in [5.74, 6) is 2.16. The van der Waals surface area contributed by atoms with Gasteiger partial charge in [-0.3, -0.25) is 4.90 Å². The van der Waals surface area contributed by atoms with Crippen molar-refractivity contribution in [3.05, 3.63) is 114 Å². The third-order valence-corrected chi connectivity index (χ3v) is 7.71. The topological polar surface area (TPSA) is 41.9 Å². The quantitative estimate of drug-likeness (QED) is 0.307. The fraction of sp³-hybridized carbons (Fsp3) is 0.273. The number of ether oxygens (including phenoxy) is 2. The first-order valence-corrected chi connectivity index (χ1v) is 13.3. The van der Waals surface area contributed by atoms with Gasteiger partial charge in [-0.15, -0.1) is 0 Å². The second kappa shape index (κ2) is 10.7. The van der Waals surface area contributed by atoms with Crippen LogP contribution >= 0.6 is 0 Å². The summed E-state index contributed by atoms with van der Waals surface area (Å²) in [6, 6.07) is 33.3. The van der Waals surface area contributed by atoms with Crippen LogP contribution in [-0.4, -0.2) is 42.9 Å². The SMILES string of the molecule is Oc1ccc2c(c1)OCC(c1ccc(-c3ccccc3)cc1)C2c1ccc(OCCN2CCCC2)cc1. The van der Waals surface area contributed by atoms with E-state index >= 15 is 0 Å². The molecule has 2 aliphatic rings. The highest BCUT2D eigenvalue weighted by Gasteiger charge is 2.33. The van der Waals surface area contributed by atoms with Crippen LogP contribution in [-0.2, 0) is 0 Å². The number of fused-ring (bicyclic) bond motifs is 1. The van der Waals surface area contributed by atoms with E-state index in [9.17, 15) is 5.11 Å². The maximum Gasteiger partial charge on any atom is 0.126 e. The van der Waals surface area contributed by atoms with Crippen LogP contribution in [0.4, 0.5) is 0 Å². The Labute approximate surface area is 219 Å². The Morgan fingerprint density at radius 1 is 0.784 bits per heavy atom. The van der Waals surface area contributed by atoms with Crippen LogP contribution < -0.4 is 9.47 Å². The summed E-state index contributed by atoms with van der Waals surface area (Å²) in [6.07, 6.45) is 2.60. The molecule has 0 aliphatic carbocycles. The molecule has 37 heavy (non-hydrogen) atoms. The number of hydrogen-bond acceptors (Lipinski definition) is 4. The van der Waals surface area contributed by atoms with Crippen LogP contribution in [0.5, 0.6) is 17.2 Å². The second-order valence-electron chi connectivity index (χ2n) is 10.1. The molecule has 2 heterocycles. The van der Waals surface area contributed by atoms with Gasteiger partial charge in [0.1, 0.15) is 23.9 Å². The number of aromatic hydroxyl groups is 1.